The zero-order chi connectivity index (χ0) is 38.6. The van der Waals surface area contributed by atoms with E-state index < -0.39 is 32.0 Å². The lowest BCUT2D eigenvalue weighted by atomic mass is 9.81. The van der Waals surface area contributed by atoms with Gasteiger partial charge in [0.25, 0.3) is 5.91 Å². The Bertz CT molecular complexity index is 2390. The van der Waals surface area contributed by atoms with E-state index in [0.717, 1.165) is 91.5 Å². The number of piperazine rings is 1. The topological polar surface area (TPSA) is 130 Å². The number of nitrogens with one attached hydrogen (secondary N) is 2. The molecule has 3 saturated carbocycles. The minimum Gasteiger partial charge on any atom is -0.497 e. The summed E-state index contributed by atoms with van der Waals surface area (Å²) in [5, 5.41) is 3.76. The molecule has 3 aliphatic carbocycles. The molecule has 2 saturated heterocycles. The number of likely N-dealkylation sites (N-methyl/N-ethyl adjacent to an activating group) is 1. The molecule has 11 nitrogen and oxygen atoms in total. The molecule has 2 bridgehead atoms. The van der Waals surface area contributed by atoms with E-state index in [0.29, 0.717) is 18.2 Å². The molecule has 4 heterocycles. The van der Waals surface area contributed by atoms with Crippen molar-refractivity contribution < 1.29 is 27.5 Å². The first-order valence-electron chi connectivity index (χ1n) is 20.3. The first kappa shape index (κ1) is 35.7. The number of sulfonamides is 1. The summed E-state index contributed by atoms with van der Waals surface area (Å²) in [5.74, 6) is -0.0813. The zero-order valence-corrected chi connectivity index (χ0v) is 32.9. The summed E-state index contributed by atoms with van der Waals surface area (Å²) in [7, 11) is -0.548. The van der Waals surface area contributed by atoms with Crippen molar-refractivity contribution in [2.24, 2.45) is 5.41 Å². The van der Waals surface area contributed by atoms with Crippen molar-refractivity contribution in [3.05, 3.63) is 83.4 Å². The number of ether oxygens (including phenoxy) is 1. The van der Waals surface area contributed by atoms with Gasteiger partial charge in [0.15, 0.2) is 4.75 Å². The fourth-order valence-electron chi connectivity index (χ4n) is 10.9. The Morgan fingerprint density at radius 1 is 0.875 bits per heavy atom. The number of amides is 3. The Hall–Kier alpha value is -4.68. The second-order valence-corrected chi connectivity index (χ2v) is 19.3. The summed E-state index contributed by atoms with van der Waals surface area (Å²) >= 11 is 0. The number of hydrogen-bond acceptors (Lipinski definition) is 7. The van der Waals surface area contributed by atoms with Crippen LogP contribution >= 0.6 is 0 Å². The number of carbonyl (C=O) groups excluding carboxylic acids is 3. The highest BCUT2D eigenvalue weighted by atomic mass is 32.2. The van der Waals surface area contributed by atoms with Crippen LogP contribution in [0.1, 0.15) is 97.5 Å². The van der Waals surface area contributed by atoms with E-state index in [9.17, 15) is 18.0 Å². The number of para-hydroxylation sites is 1. The van der Waals surface area contributed by atoms with Gasteiger partial charge < -0.3 is 24.4 Å². The van der Waals surface area contributed by atoms with Crippen molar-refractivity contribution >= 4 is 44.3 Å². The Morgan fingerprint density at radius 3 is 2.30 bits per heavy atom. The number of likely N-dealkylation sites (tertiary alicyclic amines) is 1. The Labute approximate surface area is 327 Å². The van der Waals surface area contributed by atoms with Crippen LogP contribution in [0.25, 0.3) is 22.2 Å². The van der Waals surface area contributed by atoms with Crippen LogP contribution in [0.15, 0.2) is 66.7 Å². The predicted octanol–water partition coefficient (Wildman–Crippen LogP) is 6.39. The summed E-state index contributed by atoms with van der Waals surface area (Å²) < 4.78 is 36.3. The number of methoxy groups -OCH3 is 1. The number of hydrogen-bond donors (Lipinski definition) is 2. The zero-order valence-electron chi connectivity index (χ0n) is 32.1. The van der Waals surface area contributed by atoms with Gasteiger partial charge in [-0.2, -0.15) is 0 Å². The molecule has 3 amide bonds. The maximum absolute atomic E-state index is 15.2. The Morgan fingerprint density at radius 2 is 1.61 bits per heavy atom. The lowest BCUT2D eigenvalue weighted by molar-refractivity contribution is -0.143. The standard InChI is InChI=1S/C44H49N5O6S/c1-47-24-30-14-15-31(25-47)49(30)42(52)43-23-36(43)35-22-32(55-2)16-18-33(35)39-38(27-9-5-3-6-10-27)34-17-13-28(21-37(34)48(39)26-43)40(50)46-56(53,54)44(19-20-44)41(51)45-29-11-7-4-8-12-29/h4,7-8,11-13,16-18,21-22,27,30-31,36H,3,5-6,9-10,14-15,19-20,23-26H2,1-2H3,(H,45,51)(H,46,50). The summed E-state index contributed by atoms with van der Waals surface area (Å²) in [6.45, 7) is 2.24. The van der Waals surface area contributed by atoms with Crippen LogP contribution in [-0.2, 0) is 26.2 Å². The van der Waals surface area contributed by atoms with Gasteiger partial charge in [0, 0.05) is 65.4 Å². The Kier molecular flexibility index (Phi) is 8.24. The number of rotatable bonds is 8. The number of aromatic nitrogens is 1. The first-order valence-corrected chi connectivity index (χ1v) is 21.8. The molecule has 56 heavy (non-hydrogen) atoms. The average Bonchev–Trinajstić information content (AvgIpc) is 4.11. The van der Waals surface area contributed by atoms with Crippen LogP contribution in [0, 0.1) is 5.41 Å². The molecule has 4 aromatic rings. The maximum atomic E-state index is 15.2. The van der Waals surface area contributed by atoms with E-state index in [2.05, 4.69) is 43.6 Å². The third-order valence-electron chi connectivity index (χ3n) is 14.0. The Balaban J connectivity index is 1.07. The number of carbonyl (C=O) groups is 3. The van der Waals surface area contributed by atoms with Crippen LogP contribution in [-0.4, -0.2) is 84.6 Å². The molecule has 0 radical (unpaired) electrons. The van der Waals surface area contributed by atoms with Gasteiger partial charge in [0.05, 0.1) is 18.2 Å². The van der Waals surface area contributed by atoms with E-state index >= 15 is 4.79 Å². The molecule has 4 atom stereocenters. The molecule has 2 N–H and O–H groups in total. The minimum absolute atomic E-state index is 0.0294. The molecule has 3 aliphatic heterocycles. The highest BCUT2D eigenvalue weighted by Gasteiger charge is 2.66. The summed E-state index contributed by atoms with van der Waals surface area (Å²) in [5.41, 5.74) is 5.48. The number of benzene rings is 3. The molecule has 0 spiro atoms. The van der Waals surface area contributed by atoms with E-state index in [4.69, 9.17) is 4.74 Å². The minimum atomic E-state index is -4.38. The van der Waals surface area contributed by atoms with Crippen LogP contribution in [0.2, 0.25) is 0 Å². The van der Waals surface area contributed by atoms with E-state index in [1.54, 1.807) is 37.4 Å². The molecule has 1 aromatic heterocycles. The largest absolute Gasteiger partial charge is 0.497 e. The summed E-state index contributed by atoms with van der Waals surface area (Å²) in [4.78, 5) is 47.1. The molecule has 3 aromatic carbocycles. The average molecular weight is 776 g/mol. The smallest absolute Gasteiger partial charge is 0.264 e. The van der Waals surface area contributed by atoms with Gasteiger partial charge in [-0.1, -0.05) is 43.5 Å². The molecule has 4 unspecified atom stereocenters. The molecule has 292 valence electrons. The van der Waals surface area contributed by atoms with Gasteiger partial charge >= 0.3 is 0 Å². The predicted molar refractivity (Wildman–Crippen MR) is 214 cm³/mol. The van der Waals surface area contributed by atoms with Gasteiger partial charge in [-0.15, -0.1) is 0 Å². The quantitative estimate of drug-likeness (QED) is 0.212. The molecule has 5 fully saturated rings. The first-order chi connectivity index (χ1) is 27.0. The normalized spacial score (nSPS) is 26.4. The SMILES string of the molecule is COc1ccc2c(c1)C1CC1(C(=O)N1C3CCC1CN(C)C3)Cn1c-2c(C2CCCCC2)c2ccc(C(=O)NS(=O)(=O)C3(C(=O)Nc4ccccc4)CC3)cc21. The van der Waals surface area contributed by atoms with Gasteiger partial charge in [0.2, 0.25) is 21.8 Å². The molecule has 12 heteroatoms. The molecule has 10 rings (SSSR count). The second kappa shape index (κ2) is 12.9. The highest BCUT2D eigenvalue weighted by Crippen LogP contribution is 2.66. The summed E-state index contributed by atoms with van der Waals surface area (Å²) in [6.07, 6.45) is 8.63. The molecular formula is C44H49N5O6S. The van der Waals surface area contributed by atoms with Gasteiger partial charge in [-0.25, -0.2) is 13.1 Å². The van der Waals surface area contributed by atoms with E-state index in [-0.39, 0.29) is 42.3 Å². The lowest BCUT2D eigenvalue weighted by Gasteiger charge is -2.41. The van der Waals surface area contributed by atoms with E-state index in [1.807, 2.05) is 24.3 Å². The fourth-order valence-corrected chi connectivity index (χ4v) is 12.4. The molecule has 6 aliphatic rings. The van der Waals surface area contributed by atoms with Crippen molar-refractivity contribution in [1.29, 1.82) is 0 Å². The number of nitrogens with zero attached hydrogens (tertiary/aromatic N) is 3. The van der Waals surface area contributed by atoms with Crippen molar-refractivity contribution in [1.82, 2.24) is 19.1 Å². The van der Waals surface area contributed by atoms with E-state index in [1.165, 1.54) is 12.0 Å². The summed E-state index contributed by atoms with van der Waals surface area (Å²) in [6, 6.07) is 20.9. The lowest BCUT2D eigenvalue weighted by Crippen LogP contribution is -2.57. The van der Waals surface area contributed by atoms with Crippen molar-refractivity contribution in [3.63, 3.8) is 0 Å². The molecular weight excluding hydrogens is 727 g/mol. The van der Waals surface area contributed by atoms with Gasteiger partial charge in [0.1, 0.15) is 5.75 Å². The fraction of sp³-hybridized carbons (Fsp3) is 0.477. The van der Waals surface area contributed by atoms with Crippen LogP contribution < -0.4 is 14.8 Å². The third kappa shape index (κ3) is 5.45. The second-order valence-electron chi connectivity index (χ2n) is 17.3. The van der Waals surface area contributed by atoms with Crippen molar-refractivity contribution in [2.45, 2.75) is 99.4 Å². The van der Waals surface area contributed by atoms with Crippen LogP contribution in [0.4, 0.5) is 5.69 Å². The third-order valence-corrected chi connectivity index (χ3v) is 16.1. The van der Waals surface area contributed by atoms with Crippen LogP contribution in [0.3, 0.4) is 0 Å². The van der Waals surface area contributed by atoms with Crippen molar-refractivity contribution in [2.75, 3.05) is 32.6 Å². The highest BCUT2D eigenvalue weighted by molar-refractivity contribution is 7.92. The van der Waals surface area contributed by atoms with Crippen molar-refractivity contribution in [3.8, 4) is 17.0 Å². The van der Waals surface area contributed by atoms with Crippen LogP contribution in [0.5, 0.6) is 5.75 Å². The monoisotopic (exact) mass is 775 g/mol. The number of anilines is 1. The number of fused-ring (bicyclic) bond motifs is 9. The van der Waals surface area contributed by atoms with Gasteiger partial charge in [-0.3, -0.25) is 14.4 Å². The van der Waals surface area contributed by atoms with Gasteiger partial charge in [-0.05, 0) is 112 Å². The maximum Gasteiger partial charge on any atom is 0.264 e.